The van der Waals surface area contributed by atoms with Crippen LogP contribution >= 0.6 is 0 Å². The van der Waals surface area contributed by atoms with E-state index < -0.39 is 5.91 Å². The smallest absolute Gasteiger partial charge is 0.287 e. The van der Waals surface area contributed by atoms with Crippen molar-refractivity contribution in [1.82, 2.24) is 14.6 Å². The molecule has 0 unspecified atom stereocenters. The van der Waals surface area contributed by atoms with Crippen molar-refractivity contribution in [3.05, 3.63) is 54.0 Å². The predicted octanol–water partition coefficient (Wildman–Crippen LogP) is 2.14. The van der Waals surface area contributed by atoms with Gasteiger partial charge in [-0.15, -0.1) is 10.2 Å². The fourth-order valence-corrected chi connectivity index (χ4v) is 3.14. The summed E-state index contributed by atoms with van der Waals surface area (Å²) in [6.45, 7) is 0.472. The molecule has 0 bridgehead atoms. The molecule has 2 aliphatic rings. The molecule has 2 amide bonds. The zero-order chi connectivity index (χ0) is 19.7. The number of fused-ring (bicyclic) bond motifs is 2. The highest BCUT2D eigenvalue weighted by Crippen LogP contribution is 2.39. The Kier molecular flexibility index (Phi) is 4.68. The number of pyridine rings is 1. The first kappa shape index (κ1) is 18.0. The molecule has 2 N–H and O–H groups in total. The monoisotopic (exact) mass is 379 g/mol. The van der Waals surface area contributed by atoms with Crippen molar-refractivity contribution in [3.63, 3.8) is 0 Å². The molecule has 28 heavy (non-hydrogen) atoms. The fraction of sp³-hybridized carbons (Fsp3) is 0.300. The van der Waals surface area contributed by atoms with E-state index >= 15 is 0 Å². The molecule has 0 radical (unpaired) electrons. The topological polar surface area (TPSA) is 103 Å². The number of anilines is 1. The van der Waals surface area contributed by atoms with Crippen molar-refractivity contribution in [2.45, 2.75) is 25.2 Å². The van der Waals surface area contributed by atoms with Crippen molar-refractivity contribution in [2.75, 3.05) is 18.6 Å². The summed E-state index contributed by atoms with van der Waals surface area (Å²) >= 11 is 0. The zero-order valence-electron chi connectivity index (χ0n) is 15.5. The second kappa shape index (κ2) is 7.30. The van der Waals surface area contributed by atoms with Gasteiger partial charge in [-0.05, 0) is 42.5 Å². The average Bonchev–Trinajstić information content (AvgIpc) is 3.48. The van der Waals surface area contributed by atoms with Crippen LogP contribution in [0.4, 0.5) is 5.69 Å². The van der Waals surface area contributed by atoms with Gasteiger partial charge in [0.05, 0.1) is 18.7 Å². The quantitative estimate of drug-likeness (QED) is 0.735. The number of carbonyl (C=O) groups excluding carboxylic acids is 2. The molecule has 0 spiro atoms. The number of carbonyl (C=O) groups is 2. The number of primary amides is 1. The van der Waals surface area contributed by atoms with Crippen LogP contribution in [0.25, 0.3) is 5.65 Å². The maximum absolute atomic E-state index is 11.4. The molecule has 5 rings (SSSR count). The van der Waals surface area contributed by atoms with Crippen LogP contribution < -0.4 is 15.4 Å². The summed E-state index contributed by atoms with van der Waals surface area (Å²) in [5.41, 5.74) is 7.94. The molecule has 1 aliphatic heterocycles. The average molecular weight is 379 g/mol. The number of nitrogens with two attached hydrogens (primary N) is 1. The summed E-state index contributed by atoms with van der Waals surface area (Å²) in [5.74, 6) is 1.18. The van der Waals surface area contributed by atoms with Crippen molar-refractivity contribution < 1.29 is 14.3 Å². The van der Waals surface area contributed by atoms with E-state index in [0.717, 1.165) is 11.4 Å². The Morgan fingerprint density at radius 3 is 2.71 bits per heavy atom. The Hall–Kier alpha value is -3.42. The first-order valence-corrected chi connectivity index (χ1v) is 9.17. The first-order chi connectivity index (χ1) is 13.5. The van der Waals surface area contributed by atoms with E-state index in [-0.39, 0.29) is 11.7 Å². The molecule has 3 heterocycles. The molecule has 0 atom stereocenters. The van der Waals surface area contributed by atoms with Crippen LogP contribution in [0.2, 0.25) is 0 Å². The normalized spacial score (nSPS) is 15.9. The van der Waals surface area contributed by atoms with Gasteiger partial charge in [0.1, 0.15) is 5.75 Å². The molecule has 144 valence electrons. The van der Waals surface area contributed by atoms with Gasteiger partial charge in [-0.2, -0.15) is 0 Å². The van der Waals surface area contributed by atoms with Gasteiger partial charge < -0.3 is 15.4 Å². The summed E-state index contributed by atoms with van der Waals surface area (Å²) in [5, 5.41) is 7.63. The van der Waals surface area contributed by atoms with Crippen molar-refractivity contribution >= 4 is 23.1 Å². The third kappa shape index (κ3) is 3.53. The molecule has 1 saturated carbocycles. The molecule has 8 heteroatoms. The summed E-state index contributed by atoms with van der Waals surface area (Å²) < 4.78 is 7.09. The lowest BCUT2D eigenvalue weighted by Crippen LogP contribution is -2.24. The van der Waals surface area contributed by atoms with E-state index in [9.17, 15) is 9.59 Å². The highest BCUT2D eigenvalue weighted by atomic mass is 16.5. The second-order valence-corrected chi connectivity index (χ2v) is 6.87. The minimum absolute atomic E-state index is 0.102. The molecule has 1 aromatic carbocycles. The lowest BCUT2D eigenvalue weighted by Gasteiger charge is -2.15. The Morgan fingerprint density at radius 1 is 1.18 bits per heavy atom. The Morgan fingerprint density at radius 2 is 1.96 bits per heavy atom. The van der Waals surface area contributed by atoms with Crippen LogP contribution in [0, 0.1) is 0 Å². The van der Waals surface area contributed by atoms with Gasteiger partial charge in [-0.3, -0.25) is 14.0 Å². The maximum Gasteiger partial charge on any atom is 0.287 e. The molecule has 8 nitrogen and oxygen atoms in total. The van der Waals surface area contributed by atoms with E-state index in [4.69, 9.17) is 10.5 Å². The van der Waals surface area contributed by atoms with Crippen LogP contribution in [-0.2, 0) is 4.79 Å². The van der Waals surface area contributed by atoms with Crippen LogP contribution in [0.3, 0.4) is 0 Å². The van der Waals surface area contributed by atoms with Gasteiger partial charge in [-0.1, -0.05) is 18.2 Å². The number of hydrogen-bond donors (Lipinski definition) is 1. The third-order valence-electron chi connectivity index (χ3n) is 4.87. The largest absolute Gasteiger partial charge is 0.491 e. The molecule has 1 fully saturated rings. The van der Waals surface area contributed by atoms with Gasteiger partial charge in [0, 0.05) is 13.2 Å². The molecule has 3 aromatic rings. The molecule has 0 saturated heterocycles. The van der Waals surface area contributed by atoms with Crippen molar-refractivity contribution in [2.24, 2.45) is 5.73 Å². The van der Waals surface area contributed by atoms with Gasteiger partial charge in [0.25, 0.3) is 5.91 Å². The standard InChI is InChI=1S/C10H10N4O.C10H11NO2/c11-9(15)10-13-12-8-4-3-7(5-14(8)10)6-1-2-6;1-11-8-4-2-3-5-9(8)13-7-6-10(11)12/h3-6H,1-2H2,(H2,11,15);2-5H,6-7H2,1H3. The lowest BCUT2D eigenvalue weighted by molar-refractivity contribution is -0.118. The molecule has 1 aliphatic carbocycles. The summed E-state index contributed by atoms with van der Waals surface area (Å²) in [7, 11) is 1.77. The second-order valence-electron chi connectivity index (χ2n) is 6.87. The highest BCUT2D eigenvalue weighted by Gasteiger charge is 2.24. The number of para-hydroxylation sites is 2. The number of hydrogen-bond acceptors (Lipinski definition) is 5. The van der Waals surface area contributed by atoms with E-state index in [1.807, 2.05) is 42.6 Å². The lowest BCUT2D eigenvalue weighted by atomic mass is 10.2. The van der Waals surface area contributed by atoms with Crippen LogP contribution in [0.15, 0.2) is 42.6 Å². The van der Waals surface area contributed by atoms with Crippen LogP contribution in [-0.4, -0.2) is 40.1 Å². The van der Waals surface area contributed by atoms with Gasteiger partial charge in [0.2, 0.25) is 11.7 Å². The van der Waals surface area contributed by atoms with Gasteiger partial charge in [-0.25, -0.2) is 0 Å². The number of aromatic nitrogens is 3. The number of benzene rings is 1. The predicted molar refractivity (Wildman–Crippen MR) is 103 cm³/mol. The van der Waals surface area contributed by atoms with Crippen molar-refractivity contribution in [1.29, 1.82) is 0 Å². The minimum Gasteiger partial charge on any atom is -0.491 e. The first-order valence-electron chi connectivity index (χ1n) is 9.17. The SMILES string of the molecule is CN1C(=O)CCOc2ccccc21.NC(=O)c1nnc2ccc(C3CC3)cn12. The number of nitrogens with zero attached hydrogens (tertiary/aromatic N) is 4. The van der Waals surface area contributed by atoms with E-state index in [1.54, 1.807) is 16.3 Å². The molecular weight excluding hydrogens is 358 g/mol. The summed E-state index contributed by atoms with van der Waals surface area (Å²) in [6.07, 6.45) is 4.80. The maximum atomic E-state index is 11.4. The van der Waals surface area contributed by atoms with E-state index in [1.165, 1.54) is 18.4 Å². The Balaban J connectivity index is 0.000000139. The Bertz CT molecular complexity index is 1040. The minimum atomic E-state index is -0.546. The van der Waals surface area contributed by atoms with Crippen molar-refractivity contribution in [3.8, 4) is 5.75 Å². The van der Waals surface area contributed by atoms with E-state index in [2.05, 4.69) is 10.2 Å². The van der Waals surface area contributed by atoms with Crippen LogP contribution in [0.1, 0.15) is 41.4 Å². The zero-order valence-corrected chi connectivity index (χ0v) is 15.5. The van der Waals surface area contributed by atoms with Crippen LogP contribution in [0.5, 0.6) is 5.75 Å². The third-order valence-corrected chi connectivity index (χ3v) is 4.87. The number of amides is 2. The molecular formula is C20H21N5O3. The van der Waals surface area contributed by atoms with Gasteiger partial charge in [0.15, 0.2) is 5.65 Å². The molecule has 2 aromatic heterocycles. The van der Waals surface area contributed by atoms with Gasteiger partial charge >= 0.3 is 0 Å². The number of rotatable bonds is 2. The Labute approximate surface area is 161 Å². The van der Waals surface area contributed by atoms with E-state index in [0.29, 0.717) is 24.6 Å². The number of ether oxygens (including phenoxy) is 1. The highest BCUT2D eigenvalue weighted by molar-refractivity contribution is 5.95. The fourth-order valence-electron chi connectivity index (χ4n) is 3.14. The summed E-state index contributed by atoms with van der Waals surface area (Å²) in [4.78, 5) is 24.1. The summed E-state index contributed by atoms with van der Waals surface area (Å²) in [6, 6.07) is 11.5.